The first kappa shape index (κ1) is 17.0. The molecule has 0 spiro atoms. The number of nitrogens with one attached hydrogen (secondary N) is 1. The van der Waals surface area contributed by atoms with E-state index in [0.29, 0.717) is 31.3 Å². The van der Waals surface area contributed by atoms with Crippen LogP contribution in [0.1, 0.15) is 44.6 Å². The number of carbonyl (C=O) groups is 2. The highest BCUT2D eigenvalue weighted by molar-refractivity contribution is 6.09. The number of hydrogen-bond donors (Lipinski definition) is 2. The summed E-state index contributed by atoms with van der Waals surface area (Å²) in [7, 11) is 0. The molecule has 1 aliphatic carbocycles. The van der Waals surface area contributed by atoms with Gasteiger partial charge in [0.15, 0.2) is 0 Å². The Balaban J connectivity index is 1.58. The Morgan fingerprint density at radius 1 is 1.25 bits per heavy atom. The highest BCUT2D eigenvalue weighted by Crippen LogP contribution is 2.31. The van der Waals surface area contributed by atoms with Crippen molar-refractivity contribution in [3.8, 4) is 0 Å². The number of nitrogens with two attached hydrogens (primary N) is 1. The van der Waals surface area contributed by atoms with Gasteiger partial charge in [-0.25, -0.2) is 0 Å². The minimum atomic E-state index is -0.582. The third-order valence-corrected chi connectivity index (χ3v) is 5.13. The first-order chi connectivity index (χ1) is 11.5. The maximum absolute atomic E-state index is 12.6. The van der Waals surface area contributed by atoms with Gasteiger partial charge in [0.1, 0.15) is 5.92 Å². The second-order valence-electron chi connectivity index (χ2n) is 7.32. The van der Waals surface area contributed by atoms with Gasteiger partial charge in [0.25, 0.3) is 0 Å². The molecule has 2 aliphatic rings. The molecule has 2 amide bonds. The number of nitrogens with zero attached hydrogens (tertiary/aromatic N) is 1. The van der Waals surface area contributed by atoms with Crippen LogP contribution in [0.25, 0.3) is 0 Å². The van der Waals surface area contributed by atoms with Gasteiger partial charge in [0.05, 0.1) is 0 Å². The molecule has 1 aromatic rings. The zero-order valence-corrected chi connectivity index (χ0v) is 14.5. The Bertz CT molecular complexity index is 608. The predicted octanol–water partition coefficient (Wildman–Crippen LogP) is 2.02. The maximum Gasteiger partial charge on any atom is 0.239 e. The first-order valence-corrected chi connectivity index (χ1v) is 8.92. The molecule has 3 N–H and O–H groups in total. The van der Waals surface area contributed by atoms with E-state index < -0.39 is 5.92 Å². The SMILES string of the molecule is CC(C)c1ccc(N2CCC(C(=O)NCC(N)C3CC3)C2=O)cc1. The summed E-state index contributed by atoms with van der Waals surface area (Å²) >= 11 is 0. The Labute approximate surface area is 143 Å². The molecule has 2 atom stereocenters. The fourth-order valence-electron chi connectivity index (χ4n) is 3.25. The molecule has 0 bridgehead atoms. The van der Waals surface area contributed by atoms with Crippen LogP contribution in [-0.2, 0) is 9.59 Å². The van der Waals surface area contributed by atoms with Gasteiger partial charge < -0.3 is 16.0 Å². The lowest BCUT2D eigenvalue weighted by Gasteiger charge is -2.18. The summed E-state index contributed by atoms with van der Waals surface area (Å²) in [5.74, 6) is 0.131. The van der Waals surface area contributed by atoms with Crippen molar-refractivity contribution in [3.05, 3.63) is 29.8 Å². The summed E-state index contributed by atoms with van der Waals surface area (Å²) in [6.07, 6.45) is 2.87. The maximum atomic E-state index is 12.6. The number of rotatable bonds is 6. The molecular weight excluding hydrogens is 302 g/mol. The van der Waals surface area contributed by atoms with Crippen LogP contribution in [0.5, 0.6) is 0 Å². The van der Waals surface area contributed by atoms with Crippen LogP contribution in [0.15, 0.2) is 24.3 Å². The molecule has 0 radical (unpaired) electrons. The van der Waals surface area contributed by atoms with E-state index >= 15 is 0 Å². The van der Waals surface area contributed by atoms with Crippen molar-refractivity contribution in [2.45, 2.75) is 45.1 Å². The fourth-order valence-corrected chi connectivity index (χ4v) is 3.25. The van der Waals surface area contributed by atoms with E-state index in [4.69, 9.17) is 5.73 Å². The molecule has 2 fully saturated rings. The average Bonchev–Trinajstić information content (AvgIpc) is 3.35. The molecule has 24 heavy (non-hydrogen) atoms. The number of benzene rings is 1. The molecule has 3 rings (SSSR count). The topological polar surface area (TPSA) is 75.4 Å². The van der Waals surface area contributed by atoms with E-state index in [2.05, 4.69) is 31.3 Å². The quantitative estimate of drug-likeness (QED) is 0.784. The van der Waals surface area contributed by atoms with Crippen LogP contribution < -0.4 is 16.0 Å². The van der Waals surface area contributed by atoms with Crippen molar-refractivity contribution < 1.29 is 9.59 Å². The van der Waals surface area contributed by atoms with E-state index in [9.17, 15) is 9.59 Å². The van der Waals surface area contributed by atoms with Crippen molar-refractivity contribution in [1.82, 2.24) is 5.32 Å². The highest BCUT2D eigenvalue weighted by Gasteiger charge is 2.38. The minimum Gasteiger partial charge on any atom is -0.354 e. The van der Waals surface area contributed by atoms with Crippen LogP contribution >= 0.6 is 0 Å². The van der Waals surface area contributed by atoms with Crippen LogP contribution in [-0.4, -0.2) is 30.9 Å². The molecule has 5 heteroatoms. The lowest BCUT2D eigenvalue weighted by Crippen LogP contribution is -2.43. The van der Waals surface area contributed by atoms with Crippen molar-refractivity contribution in [2.24, 2.45) is 17.6 Å². The van der Waals surface area contributed by atoms with Crippen LogP contribution in [0, 0.1) is 11.8 Å². The summed E-state index contributed by atoms with van der Waals surface area (Å²) in [6.45, 7) is 5.34. The Morgan fingerprint density at radius 3 is 2.50 bits per heavy atom. The van der Waals surface area contributed by atoms with Gasteiger partial charge in [-0.1, -0.05) is 26.0 Å². The molecule has 1 saturated heterocycles. The second kappa shape index (κ2) is 6.93. The second-order valence-corrected chi connectivity index (χ2v) is 7.32. The predicted molar refractivity (Wildman–Crippen MR) is 94.7 cm³/mol. The summed E-state index contributed by atoms with van der Waals surface area (Å²) < 4.78 is 0. The van der Waals surface area contributed by atoms with Gasteiger partial charge in [-0.2, -0.15) is 0 Å². The van der Waals surface area contributed by atoms with Crippen molar-refractivity contribution >= 4 is 17.5 Å². The Kier molecular flexibility index (Phi) is 4.90. The summed E-state index contributed by atoms with van der Waals surface area (Å²) in [5.41, 5.74) is 8.12. The monoisotopic (exact) mass is 329 g/mol. The van der Waals surface area contributed by atoms with E-state index in [0.717, 1.165) is 18.5 Å². The van der Waals surface area contributed by atoms with Gasteiger partial charge in [0, 0.05) is 24.8 Å². The third-order valence-electron chi connectivity index (χ3n) is 5.13. The standard InChI is InChI=1S/C19H27N3O2/c1-12(2)13-5-7-15(8-6-13)22-10-9-16(19(22)24)18(23)21-11-17(20)14-3-4-14/h5-8,12,14,16-17H,3-4,9-11,20H2,1-2H3,(H,21,23). The van der Waals surface area contributed by atoms with E-state index in [1.165, 1.54) is 5.56 Å². The molecule has 1 saturated carbocycles. The van der Waals surface area contributed by atoms with Gasteiger partial charge in [-0.15, -0.1) is 0 Å². The zero-order chi connectivity index (χ0) is 17.3. The molecule has 5 nitrogen and oxygen atoms in total. The van der Waals surface area contributed by atoms with Gasteiger partial charge in [-0.3, -0.25) is 9.59 Å². The normalized spacial score (nSPS) is 22.1. The largest absolute Gasteiger partial charge is 0.354 e. The minimum absolute atomic E-state index is 0.0186. The average molecular weight is 329 g/mol. The van der Waals surface area contributed by atoms with Crippen molar-refractivity contribution in [3.63, 3.8) is 0 Å². The molecular formula is C19H27N3O2. The molecule has 1 aromatic carbocycles. The molecule has 2 unspecified atom stereocenters. The van der Waals surface area contributed by atoms with E-state index in [1.807, 2.05) is 12.1 Å². The third kappa shape index (κ3) is 3.61. The number of amides is 2. The summed E-state index contributed by atoms with van der Waals surface area (Å²) in [6, 6.07) is 8.06. The Hall–Kier alpha value is -1.88. The lowest BCUT2D eigenvalue weighted by molar-refractivity contribution is -0.132. The van der Waals surface area contributed by atoms with Crippen LogP contribution in [0.2, 0.25) is 0 Å². The van der Waals surface area contributed by atoms with Crippen molar-refractivity contribution in [2.75, 3.05) is 18.0 Å². The van der Waals surface area contributed by atoms with Crippen LogP contribution in [0.4, 0.5) is 5.69 Å². The fraction of sp³-hybridized carbons (Fsp3) is 0.579. The van der Waals surface area contributed by atoms with E-state index in [1.54, 1.807) is 4.90 Å². The number of anilines is 1. The van der Waals surface area contributed by atoms with Crippen LogP contribution in [0.3, 0.4) is 0 Å². The summed E-state index contributed by atoms with van der Waals surface area (Å²) in [4.78, 5) is 26.6. The first-order valence-electron chi connectivity index (χ1n) is 8.92. The summed E-state index contributed by atoms with van der Waals surface area (Å²) in [5, 5.41) is 2.86. The van der Waals surface area contributed by atoms with Gasteiger partial charge >= 0.3 is 0 Å². The lowest BCUT2D eigenvalue weighted by atomic mass is 10.0. The van der Waals surface area contributed by atoms with E-state index in [-0.39, 0.29) is 17.9 Å². The van der Waals surface area contributed by atoms with Gasteiger partial charge in [-0.05, 0) is 48.8 Å². The smallest absolute Gasteiger partial charge is 0.239 e. The molecule has 0 aromatic heterocycles. The van der Waals surface area contributed by atoms with Crippen molar-refractivity contribution in [1.29, 1.82) is 0 Å². The molecule has 1 heterocycles. The molecule has 130 valence electrons. The van der Waals surface area contributed by atoms with Gasteiger partial charge in [0.2, 0.25) is 11.8 Å². The number of carbonyl (C=O) groups excluding carboxylic acids is 2. The highest BCUT2D eigenvalue weighted by atomic mass is 16.2. The zero-order valence-electron chi connectivity index (χ0n) is 14.5. The Morgan fingerprint density at radius 2 is 1.92 bits per heavy atom. The number of hydrogen-bond acceptors (Lipinski definition) is 3. The molecule has 1 aliphatic heterocycles.